The van der Waals surface area contributed by atoms with Gasteiger partial charge in [0.05, 0.1) is 17.2 Å². The zero-order valence-corrected chi connectivity index (χ0v) is 18.6. The Bertz CT molecular complexity index is 1200. The number of amides is 1. The molecule has 0 fully saturated rings. The summed E-state index contributed by atoms with van der Waals surface area (Å²) in [5.74, 6) is 0.551. The summed E-state index contributed by atoms with van der Waals surface area (Å²) >= 11 is 1.60. The summed E-state index contributed by atoms with van der Waals surface area (Å²) in [5, 5.41) is 10.2. The third-order valence-electron chi connectivity index (χ3n) is 4.84. The van der Waals surface area contributed by atoms with Crippen LogP contribution in [0, 0.1) is 6.92 Å². The van der Waals surface area contributed by atoms with E-state index in [4.69, 9.17) is 4.74 Å². The molecule has 162 valence electrons. The molecule has 6 nitrogen and oxygen atoms in total. The van der Waals surface area contributed by atoms with Crippen LogP contribution in [0.4, 0.5) is 0 Å². The highest BCUT2D eigenvalue weighted by Gasteiger charge is 2.06. The molecule has 0 bridgehead atoms. The number of para-hydroxylation sites is 1. The lowest BCUT2D eigenvalue weighted by Gasteiger charge is -2.10. The summed E-state index contributed by atoms with van der Waals surface area (Å²) in [5.41, 5.74) is 3.93. The Labute approximate surface area is 191 Å². The van der Waals surface area contributed by atoms with Gasteiger partial charge in [0.1, 0.15) is 12.4 Å². The van der Waals surface area contributed by atoms with E-state index < -0.39 is 0 Å². The summed E-state index contributed by atoms with van der Waals surface area (Å²) in [6.45, 7) is 3.48. The van der Waals surface area contributed by atoms with Gasteiger partial charge in [-0.25, -0.2) is 4.98 Å². The van der Waals surface area contributed by atoms with Crippen LogP contribution in [-0.2, 0) is 24.5 Å². The largest absolute Gasteiger partial charge is 0.487 e. The van der Waals surface area contributed by atoms with Crippen molar-refractivity contribution in [3.05, 3.63) is 106 Å². The van der Waals surface area contributed by atoms with Crippen LogP contribution in [0.15, 0.2) is 78.4 Å². The molecule has 1 amide bonds. The molecule has 0 saturated carbocycles. The molecule has 32 heavy (non-hydrogen) atoms. The minimum Gasteiger partial charge on any atom is -0.487 e. The first-order chi connectivity index (χ1) is 15.7. The van der Waals surface area contributed by atoms with E-state index in [-0.39, 0.29) is 5.91 Å². The minimum atomic E-state index is -0.163. The van der Waals surface area contributed by atoms with Crippen molar-refractivity contribution in [1.29, 1.82) is 0 Å². The van der Waals surface area contributed by atoms with Gasteiger partial charge in [-0.05, 0) is 36.3 Å². The third-order valence-corrected chi connectivity index (χ3v) is 5.66. The number of hydrogen-bond acceptors (Lipinski definition) is 5. The van der Waals surface area contributed by atoms with Crippen molar-refractivity contribution in [2.24, 2.45) is 0 Å². The molecular formula is C25H24N4O2S. The molecule has 0 unspecified atom stereocenters. The predicted molar refractivity (Wildman–Crippen MR) is 126 cm³/mol. The zero-order valence-electron chi connectivity index (χ0n) is 17.8. The monoisotopic (exact) mass is 444 g/mol. The molecule has 4 rings (SSSR count). The van der Waals surface area contributed by atoms with Crippen LogP contribution in [0.25, 0.3) is 6.08 Å². The number of benzene rings is 2. The fourth-order valence-electron chi connectivity index (χ4n) is 3.24. The second-order valence-electron chi connectivity index (χ2n) is 7.21. The number of nitrogens with zero attached hydrogens (tertiary/aromatic N) is 3. The highest BCUT2D eigenvalue weighted by molar-refractivity contribution is 7.09. The minimum absolute atomic E-state index is 0.163. The van der Waals surface area contributed by atoms with Crippen LogP contribution in [0.5, 0.6) is 5.75 Å². The SMILES string of the molecule is Cc1nc(COc2ccccc2/C=C/C(=O)NCc2ccccc2Cn2cccn2)cs1. The topological polar surface area (TPSA) is 69.0 Å². The van der Waals surface area contributed by atoms with Gasteiger partial charge in [0.15, 0.2) is 0 Å². The van der Waals surface area contributed by atoms with Gasteiger partial charge < -0.3 is 10.1 Å². The molecule has 2 aromatic heterocycles. The van der Waals surface area contributed by atoms with Crippen LogP contribution in [0.1, 0.15) is 27.4 Å². The quantitative estimate of drug-likeness (QED) is 0.383. The Hall–Kier alpha value is -3.71. The fraction of sp³-hybridized carbons (Fsp3) is 0.160. The lowest BCUT2D eigenvalue weighted by Crippen LogP contribution is -2.21. The number of aromatic nitrogens is 3. The van der Waals surface area contributed by atoms with Crippen molar-refractivity contribution in [3.8, 4) is 5.75 Å². The number of aryl methyl sites for hydroxylation is 1. The molecule has 0 aliphatic heterocycles. The van der Waals surface area contributed by atoms with E-state index >= 15 is 0 Å². The van der Waals surface area contributed by atoms with Gasteiger partial charge in [-0.3, -0.25) is 9.48 Å². The van der Waals surface area contributed by atoms with Crippen LogP contribution in [-0.4, -0.2) is 20.7 Å². The van der Waals surface area contributed by atoms with Gasteiger partial charge >= 0.3 is 0 Å². The van der Waals surface area contributed by atoms with Gasteiger partial charge in [-0.2, -0.15) is 5.10 Å². The standard InChI is InChI=1S/C25H24N4O2S/c1-19-28-23(18-32-19)17-31-24-10-5-4-7-20(24)11-12-25(30)26-15-21-8-2-3-9-22(21)16-29-14-6-13-27-29/h2-14,18H,15-17H2,1H3,(H,26,30)/b12-11+. The molecule has 0 saturated heterocycles. The van der Waals surface area contributed by atoms with Crippen molar-refractivity contribution >= 4 is 23.3 Å². The predicted octanol–water partition coefficient (Wildman–Crippen LogP) is 4.60. The Morgan fingerprint density at radius 2 is 1.94 bits per heavy atom. The molecule has 0 atom stereocenters. The van der Waals surface area contributed by atoms with Crippen molar-refractivity contribution in [3.63, 3.8) is 0 Å². The van der Waals surface area contributed by atoms with Gasteiger partial charge in [-0.1, -0.05) is 42.5 Å². The summed E-state index contributed by atoms with van der Waals surface area (Å²) in [7, 11) is 0. The summed E-state index contributed by atoms with van der Waals surface area (Å²) in [6.07, 6.45) is 6.99. The maximum atomic E-state index is 12.4. The van der Waals surface area contributed by atoms with Gasteiger partial charge in [0, 0.05) is 36.0 Å². The van der Waals surface area contributed by atoms with Gasteiger partial charge in [-0.15, -0.1) is 11.3 Å². The zero-order chi connectivity index (χ0) is 22.2. The van der Waals surface area contributed by atoms with Crippen LogP contribution >= 0.6 is 11.3 Å². The Morgan fingerprint density at radius 1 is 1.12 bits per heavy atom. The Morgan fingerprint density at radius 3 is 2.72 bits per heavy atom. The van der Waals surface area contributed by atoms with Gasteiger partial charge in [0.25, 0.3) is 0 Å². The highest BCUT2D eigenvalue weighted by Crippen LogP contribution is 2.21. The smallest absolute Gasteiger partial charge is 0.244 e. The lowest BCUT2D eigenvalue weighted by atomic mass is 10.1. The van der Waals surface area contributed by atoms with Crippen LogP contribution in [0.3, 0.4) is 0 Å². The second-order valence-corrected chi connectivity index (χ2v) is 8.27. The van der Waals surface area contributed by atoms with E-state index in [9.17, 15) is 4.79 Å². The molecule has 0 aliphatic carbocycles. The van der Waals surface area contributed by atoms with Crippen molar-refractivity contribution in [2.45, 2.75) is 26.6 Å². The average molecular weight is 445 g/mol. The number of carbonyl (C=O) groups is 1. The fourth-order valence-corrected chi connectivity index (χ4v) is 3.83. The first-order valence-corrected chi connectivity index (χ1v) is 11.2. The van der Waals surface area contributed by atoms with E-state index in [2.05, 4.69) is 21.5 Å². The Kier molecular flexibility index (Phi) is 7.09. The first kappa shape index (κ1) is 21.5. The van der Waals surface area contributed by atoms with Crippen molar-refractivity contribution in [2.75, 3.05) is 0 Å². The van der Waals surface area contributed by atoms with E-state index in [1.165, 1.54) is 6.08 Å². The molecule has 7 heteroatoms. The number of ether oxygens (including phenoxy) is 1. The van der Waals surface area contributed by atoms with E-state index in [0.29, 0.717) is 25.4 Å². The molecule has 0 radical (unpaired) electrons. The van der Waals surface area contributed by atoms with Crippen LogP contribution in [0.2, 0.25) is 0 Å². The van der Waals surface area contributed by atoms with Gasteiger partial charge in [0.2, 0.25) is 5.91 Å². The number of carbonyl (C=O) groups excluding carboxylic acids is 1. The highest BCUT2D eigenvalue weighted by atomic mass is 32.1. The third kappa shape index (κ3) is 5.92. The summed E-state index contributed by atoms with van der Waals surface area (Å²) in [6, 6.07) is 17.6. The van der Waals surface area contributed by atoms with Crippen LogP contribution < -0.4 is 10.1 Å². The molecular weight excluding hydrogens is 420 g/mol. The molecule has 0 spiro atoms. The number of nitrogens with one attached hydrogen (secondary N) is 1. The maximum absolute atomic E-state index is 12.4. The summed E-state index contributed by atoms with van der Waals surface area (Å²) in [4.78, 5) is 16.9. The molecule has 0 aliphatic rings. The first-order valence-electron chi connectivity index (χ1n) is 10.3. The summed E-state index contributed by atoms with van der Waals surface area (Å²) < 4.78 is 7.78. The molecule has 4 aromatic rings. The second kappa shape index (κ2) is 10.5. The molecule has 2 aromatic carbocycles. The van der Waals surface area contributed by atoms with E-state index in [1.54, 1.807) is 23.6 Å². The van der Waals surface area contributed by atoms with Crippen molar-refractivity contribution in [1.82, 2.24) is 20.1 Å². The number of thiazole rings is 1. The normalized spacial score (nSPS) is 11.0. The molecule has 2 heterocycles. The Balaban J connectivity index is 1.35. The van der Waals surface area contributed by atoms with Crippen molar-refractivity contribution < 1.29 is 9.53 Å². The van der Waals surface area contributed by atoms with E-state index in [1.807, 2.05) is 71.7 Å². The van der Waals surface area contributed by atoms with E-state index in [0.717, 1.165) is 27.4 Å². The maximum Gasteiger partial charge on any atom is 0.244 e. The number of hydrogen-bond donors (Lipinski definition) is 1. The molecule has 1 N–H and O–H groups in total. The average Bonchev–Trinajstić information content (AvgIpc) is 3.48. The lowest BCUT2D eigenvalue weighted by molar-refractivity contribution is -0.116. The number of rotatable bonds is 9.